The third-order valence-electron chi connectivity index (χ3n) is 5.68. The molecule has 1 aliphatic heterocycles. The van der Waals surface area contributed by atoms with Gasteiger partial charge in [-0.2, -0.15) is 0 Å². The van der Waals surface area contributed by atoms with Gasteiger partial charge in [0.2, 0.25) is 0 Å². The molecule has 0 amide bonds. The molecule has 0 saturated carbocycles. The Morgan fingerprint density at radius 3 is 2.33 bits per heavy atom. The lowest BCUT2D eigenvalue weighted by Crippen LogP contribution is -2.36. The van der Waals surface area contributed by atoms with Crippen LogP contribution in [0.1, 0.15) is 23.7 Å². The zero-order chi connectivity index (χ0) is 25.5. The highest BCUT2D eigenvalue weighted by molar-refractivity contribution is 6.35. The molecule has 2 unspecified atom stereocenters. The molecule has 4 rings (SSSR count). The first kappa shape index (κ1) is 26.9. The summed E-state index contributed by atoms with van der Waals surface area (Å²) in [6.07, 6.45) is 4.32. The molecule has 4 nitrogen and oxygen atoms in total. The van der Waals surface area contributed by atoms with Gasteiger partial charge in [0, 0.05) is 34.0 Å². The Morgan fingerprint density at radius 1 is 0.889 bits per heavy atom. The van der Waals surface area contributed by atoms with Crippen LogP contribution in [0, 0.1) is 5.82 Å². The third kappa shape index (κ3) is 7.44. The van der Waals surface area contributed by atoms with Gasteiger partial charge in [-0.25, -0.2) is 4.39 Å². The summed E-state index contributed by atoms with van der Waals surface area (Å²) >= 11 is 25.4. The molecule has 0 saturated heterocycles. The Bertz CT molecular complexity index is 1160. The predicted octanol–water partition coefficient (Wildman–Crippen LogP) is 8.12. The fourth-order valence-corrected chi connectivity index (χ4v) is 4.69. The lowest BCUT2D eigenvalue weighted by molar-refractivity contribution is 0.00672. The first-order chi connectivity index (χ1) is 17.4. The van der Waals surface area contributed by atoms with E-state index in [1.165, 1.54) is 12.1 Å². The van der Waals surface area contributed by atoms with Crippen LogP contribution in [0.4, 0.5) is 4.39 Å². The monoisotopic (exact) mass is 568 g/mol. The van der Waals surface area contributed by atoms with Crippen molar-refractivity contribution in [1.29, 1.82) is 0 Å². The molecule has 36 heavy (non-hydrogen) atoms. The van der Waals surface area contributed by atoms with Crippen LogP contribution in [0.25, 0.3) is 0 Å². The van der Waals surface area contributed by atoms with E-state index >= 15 is 0 Å². The van der Waals surface area contributed by atoms with Gasteiger partial charge >= 0.3 is 0 Å². The van der Waals surface area contributed by atoms with Gasteiger partial charge in [-0.05, 0) is 66.1 Å². The summed E-state index contributed by atoms with van der Waals surface area (Å²) in [7, 11) is 0. The highest BCUT2D eigenvalue weighted by Crippen LogP contribution is 2.33. The number of halogens is 5. The van der Waals surface area contributed by atoms with Crippen molar-refractivity contribution in [2.24, 2.45) is 0 Å². The van der Waals surface area contributed by atoms with Crippen LogP contribution in [0.5, 0.6) is 5.75 Å². The van der Waals surface area contributed by atoms with Gasteiger partial charge in [-0.1, -0.05) is 64.6 Å². The molecule has 0 fully saturated rings. The van der Waals surface area contributed by atoms with Crippen LogP contribution in [0.15, 0.2) is 79.1 Å². The van der Waals surface area contributed by atoms with E-state index in [2.05, 4.69) is 4.90 Å². The second-order valence-electron chi connectivity index (χ2n) is 8.31. The maximum atomic E-state index is 13.0. The predicted molar refractivity (Wildman–Crippen MR) is 144 cm³/mol. The van der Waals surface area contributed by atoms with Gasteiger partial charge in [0.1, 0.15) is 23.2 Å². The molecule has 0 N–H and O–H groups in total. The van der Waals surface area contributed by atoms with Crippen LogP contribution in [0.3, 0.4) is 0 Å². The molecule has 2 atom stereocenters. The molecule has 0 bridgehead atoms. The molecule has 190 valence electrons. The average molecular weight is 570 g/mol. The summed E-state index contributed by atoms with van der Waals surface area (Å²) in [5, 5.41) is 1.75. The van der Waals surface area contributed by atoms with Crippen LogP contribution < -0.4 is 4.74 Å². The fourth-order valence-electron chi connectivity index (χ4n) is 3.76. The highest BCUT2D eigenvalue weighted by Gasteiger charge is 2.29. The number of hydrogen-bond donors (Lipinski definition) is 0. The van der Waals surface area contributed by atoms with Crippen LogP contribution >= 0.6 is 46.4 Å². The van der Waals surface area contributed by atoms with E-state index < -0.39 is 11.6 Å². The SMILES string of the molecule is Fc1ccc(OCCCN2C=CN(C(Cl)C(OCc3ccc(Cl)cc3Cl)c3ccc(Cl)cc3)C2)cc1. The maximum Gasteiger partial charge on any atom is 0.135 e. The quantitative estimate of drug-likeness (QED) is 0.132. The van der Waals surface area contributed by atoms with E-state index in [-0.39, 0.29) is 12.4 Å². The van der Waals surface area contributed by atoms with Gasteiger partial charge in [0.25, 0.3) is 0 Å². The molecule has 0 aromatic heterocycles. The normalized spacial score (nSPS) is 14.8. The first-order valence-corrected chi connectivity index (χ1v) is 13.0. The van der Waals surface area contributed by atoms with Crippen LogP contribution in [0.2, 0.25) is 15.1 Å². The summed E-state index contributed by atoms with van der Waals surface area (Å²) < 4.78 is 25.0. The lowest BCUT2D eigenvalue weighted by atomic mass is 10.1. The van der Waals surface area contributed by atoms with Crippen LogP contribution in [-0.4, -0.2) is 35.1 Å². The van der Waals surface area contributed by atoms with Crippen molar-refractivity contribution in [1.82, 2.24) is 9.80 Å². The van der Waals surface area contributed by atoms with E-state index in [1.54, 1.807) is 24.3 Å². The molecule has 3 aromatic carbocycles. The van der Waals surface area contributed by atoms with E-state index in [9.17, 15) is 4.39 Å². The highest BCUT2D eigenvalue weighted by atomic mass is 35.5. The lowest BCUT2D eigenvalue weighted by Gasteiger charge is -2.31. The molecule has 9 heteroatoms. The second-order valence-corrected chi connectivity index (χ2v) is 10.0. The fraction of sp³-hybridized carbons (Fsp3) is 0.259. The minimum absolute atomic E-state index is 0.272. The zero-order valence-electron chi connectivity index (χ0n) is 19.3. The summed E-state index contributed by atoms with van der Waals surface area (Å²) in [6, 6.07) is 18.8. The molecule has 1 heterocycles. The average Bonchev–Trinajstić information content (AvgIpc) is 3.34. The molecular weight excluding hydrogens is 545 g/mol. The van der Waals surface area contributed by atoms with Crippen molar-refractivity contribution in [2.75, 3.05) is 19.8 Å². The van der Waals surface area contributed by atoms with E-state index in [1.807, 2.05) is 47.6 Å². The van der Waals surface area contributed by atoms with E-state index in [0.29, 0.717) is 34.1 Å². The first-order valence-electron chi connectivity index (χ1n) is 11.4. The third-order valence-corrected chi connectivity index (χ3v) is 7.00. The van der Waals surface area contributed by atoms with Crippen molar-refractivity contribution in [2.45, 2.75) is 24.6 Å². The number of rotatable bonds is 11. The topological polar surface area (TPSA) is 24.9 Å². The van der Waals surface area contributed by atoms with Crippen molar-refractivity contribution < 1.29 is 13.9 Å². The van der Waals surface area contributed by atoms with Gasteiger partial charge in [-0.15, -0.1) is 0 Å². The zero-order valence-corrected chi connectivity index (χ0v) is 22.3. The van der Waals surface area contributed by atoms with Gasteiger partial charge in [0.05, 0.1) is 19.9 Å². The number of alkyl halides is 1. The Kier molecular flexibility index (Phi) is 9.63. The van der Waals surface area contributed by atoms with E-state index in [0.717, 1.165) is 24.1 Å². The summed E-state index contributed by atoms with van der Waals surface area (Å²) in [5.41, 5.74) is 1.25. The van der Waals surface area contributed by atoms with Gasteiger partial charge in [0.15, 0.2) is 0 Å². The van der Waals surface area contributed by atoms with Gasteiger partial charge < -0.3 is 19.3 Å². The minimum Gasteiger partial charge on any atom is -0.494 e. The summed E-state index contributed by atoms with van der Waals surface area (Å²) in [6.45, 7) is 2.19. The maximum absolute atomic E-state index is 13.0. The van der Waals surface area contributed by atoms with Crippen molar-refractivity contribution in [3.05, 3.63) is 111 Å². The Balaban J connectivity index is 1.34. The smallest absolute Gasteiger partial charge is 0.135 e. The van der Waals surface area contributed by atoms with E-state index in [4.69, 9.17) is 55.9 Å². The second kappa shape index (κ2) is 12.9. The van der Waals surface area contributed by atoms with Crippen molar-refractivity contribution in [3.63, 3.8) is 0 Å². The number of ether oxygens (including phenoxy) is 2. The largest absolute Gasteiger partial charge is 0.494 e. The molecule has 3 aromatic rings. The molecule has 0 radical (unpaired) electrons. The number of nitrogens with zero attached hydrogens (tertiary/aromatic N) is 2. The molecular formula is C27H25Cl4FN2O2. The Morgan fingerprint density at radius 2 is 1.61 bits per heavy atom. The standard InChI is InChI=1S/C27H25Cl4FN2O2/c28-21-5-2-19(3-6-21)26(36-17-20-4-7-22(29)16-25(20)30)27(31)34-14-13-33(18-34)12-1-15-35-24-10-8-23(32)9-11-24/h2-11,13-14,16,26-27H,1,12,15,17-18H2. The number of benzene rings is 3. The minimum atomic E-state index is -0.478. The Hall–Kier alpha value is -2.15. The van der Waals surface area contributed by atoms with Crippen LogP contribution in [-0.2, 0) is 11.3 Å². The number of hydrogen-bond acceptors (Lipinski definition) is 4. The van der Waals surface area contributed by atoms with Crippen molar-refractivity contribution in [3.8, 4) is 5.75 Å². The molecule has 0 aliphatic carbocycles. The molecule has 1 aliphatic rings. The van der Waals surface area contributed by atoms with Crippen molar-refractivity contribution >= 4 is 46.4 Å². The van der Waals surface area contributed by atoms with Gasteiger partial charge in [-0.3, -0.25) is 0 Å². The summed E-state index contributed by atoms with van der Waals surface area (Å²) in [5.74, 6) is 0.372. The molecule has 0 spiro atoms. The Labute approximate surface area is 230 Å². The summed E-state index contributed by atoms with van der Waals surface area (Å²) in [4.78, 5) is 4.17.